The van der Waals surface area contributed by atoms with Gasteiger partial charge in [0, 0.05) is 28.8 Å². The summed E-state index contributed by atoms with van der Waals surface area (Å²) in [5, 5.41) is 0. The van der Waals surface area contributed by atoms with E-state index in [4.69, 9.17) is 5.73 Å². The lowest BCUT2D eigenvalue weighted by Crippen LogP contribution is -2.14. The van der Waals surface area contributed by atoms with Crippen molar-refractivity contribution in [3.63, 3.8) is 0 Å². The predicted molar refractivity (Wildman–Crippen MR) is 78.4 cm³/mol. The Morgan fingerprint density at radius 1 is 1.17 bits per heavy atom. The molecule has 0 bridgehead atoms. The van der Waals surface area contributed by atoms with Gasteiger partial charge in [0.05, 0.1) is 0 Å². The number of aromatic nitrogens is 1. The highest BCUT2D eigenvalue weighted by atomic mass is 79.9. The molecular formula is C15H17BrN2. The molecule has 0 radical (unpaired) electrons. The molecule has 0 fully saturated rings. The fourth-order valence-corrected chi connectivity index (χ4v) is 2.10. The lowest BCUT2D eigenvalue weighted by Gasteiger charge is -2.12. The monoisotopic (exact) mass is 304 g/mol. The number of pyridine rings is 1. The SMILES string of the molecule is CCc1ccc(CC(N)c2ccc(Br)cc2)nc1. The van der Waals surface area contributed by atoms with E-state index in [0.717, 1.165) is 28.6 Å². The highest BCUT2D eigenvalue weighted by molar-refractivity contribution is 9.10. The fraction of sp³-hybridized carbons (Fsp3) is 0.267. The first kappa shape index (κ1) is 13.2. The second-order valence-corrected chi connectivity index (χ2v) is 5.29. The summed E-state index contributed by atoms with van der Waals surface area (Å²) >= 11 is 3.42. The van der Waals surface area contributed by atoms with Crippen LogP contribution in [0.15, 0.2) is 47.1 Å². The first-order chi connectivity index (χ1) is 8.69. The molecule has 1 heterocycles. The third-order valence-corrected chi connectivity index (χ3v) is 3.55. The van der Waals surface area contributed by atoms with Crippen molar-refractivity contribution < 1.29 is 0 Å². The van der Waals surface area contributed by atoms with Crippen molar-refractivity contribution in [2.24, 2.45) is 5.73 Å². The molecule has 18 heavy (non-hydrogen) atoms. The molecular weight excluding hydrogens is 288 g/mol. The summed E-state index contributed by atoms with van der Waals surface area (Å²) in [7, 11) is 0. The number of benzene rings is 1. The maximum absolute atomic E-state index is 6.19. The number of nitrogens with two attached hydrogens (primary N) is 1. The molecule has 0 aliphatic carbocycles. The van der Waals surface area contributed by atoms with Crippen LogP contribution in [0.5, 0.6) is 0 Å². The van der Waals surface area contributed by atoms with Gasteiger partial charge in [-0.3, -0.25) is 4.98 Å². The van der Waals surface area contributed by atoms with Crippen LogP contribution < -0.4 is 5.73 Å². The van der Waals surface area contributed by atoms with E-state index >= 15 is 0 Å². The normalized spacial score (nSPS) is 12.4. The largest absolute Gasteiger partial charge is 0.324 e. The highest BCUT2D eigenvalue weighted by Gasteiger charge is 2.07. The molecule has 0 spiro atoms. The van der Waals surface area contributed by atoms with Crippen LogP contribution in [0, 0.1) is 0 Å². The fourth-order valence-electron chi connectivity index (χ4n) is 1.84. The summed E-state index contributed by atoms with van der Waals surface area (Å²) in [6.45, 7) is 2.13. The Labute approximate surface area is 116 Å². The quantitative estimate of drug-likeness (QED) is 0.936. The molecule has 1 aromatic heterocycles. The molecule has 0 saturated heterocycles. The lowest BCUT2D eigenvalue weighted by atomic mass is 10.0. The van der Waals surface area contributed by atoms with E-state index in [1.807, 2.05) is 18.3 Å². The molecule has 0 saturated carbocycles. The van der Waals surface area contributed by atoms with Crippen molar-refractivity contribution in [3.8, 4) is 0 Å². The Morgan fingerprint density at radius 3 is 2.44 bits per heavy atom. The zero-order valence-corrected chi connectivity index (χ0v) is 12.0. The third-order valence-electron chi connectivity index (χ3n) is 3.02. The Bertz CT molecular complexity index is 491. The summed E-state index contributed by atoms with van der Waals surface area (Å²) in [6.07, 6.45) is 3.72. The second kappa shape index (κ2) is 6.12. The van der Waals surface area contributed by atoms with Gasteiger partial charge in [0.15, 0.2) is 0 Å². The molecule has 2 aromatic rings. The predicted octanol–water partition coefficient (Wildman–Crippen LogP) is 3.65. The Kier molecular flexibility index (Phi) is 4.50. The molecule has 0 aliphatic heterocycles. The highest BCUT2D eigenvalue weighted by Crippen LogP contribution is 2.18. The molecule has 0 aliphatic rings. The van der Waals surface area contributed by atoms with Gasteiger partial charge in [0.2, 0.25) is 0 Å². The molecule has 1 atom stereocenters. The van der Waals surface area contributed by atoms with Crippen molar-refractivity contribution in [1.29, 1.82) is 0 Å². The van der Waals surface area contributed by atoms with Crippen molar-refractivity contribution >= 4 is 15.9 Å². The van der Waals surface area contributed by atoms with Gasteiger partial charge in [-0.1, -0.05) is 41.1 Å². The summed E-state index contributed by atoms with van der Waals surface area (Å²) in [4.78, 5) is 4.44. The molecule has 2 nitrogen and oxygen atoms in total. The number of halogens is 1. The standard InChI is InChI=1S/C15H17BrN2/c1-2-11-3-8-14(18-10-11)9-15(17)12-4-6-13(16)7-5-12/h3-8,10,15H,2,9,17H2,1H3. The van der Waals surface area contributed by atoms with Gasteiger partial charge in [0.25, 0.3) is 0 Å². The van der Waals surface area contributed by atoms with E-state index in [1.54, 1.807) is 0 Å². The first-order valence-corrected chi connectivity index (χ1v) is 6.93. The van der Waals surface area contributed by atoms with Gasteiger partial charge < -0.3 is 5.73 Å². The van der Waals surface area contributed by atoms with Crippen LogP contribution in [0.3, 0.4) is 0 Å². The van der Waals surface area contributed by atoms with Crippen LogP contribution in [0.25, 0.3) is 0 Å². The zero-order valence-electron chi connectivity index (χ0n) is 10.4. The van der Waals surface area contributed by atoms with Crippen LogP contribution in [0.2, 0.25) is 0 Å². The van der Waals surface area contributed by atoms with Crippen molar-refractivity contribution in [1.82, 2.24) is 4.98 Å². The molecule has 1 unspecified atom stereocenters. The Hall–Kier alpha value is -1.19. The van der Waals surface area contributed by atoms with E-state index < -0.39 is 0 Å². The van der Waals surface area contributed by atoms with Gasteiger partial charge in [-0.05, 0) is 35.7 Å². The Balaban J connectivity index is 2.05. The summed E-state index contributed by atoms with van der Waals surface area (Å²) in [6, 6.07) is 12.3. The minimum absolute atomic E-state index is 0.00178. The number of hydrogen-bond donors (Lipinski definition) is 1. The Morgan fingerprint density at radius 2 is 1.89 bits per heavy atom. The molecule has 1 aromatic carbocycles. The van der Waals surface area contributed by atoms with E-state index in [1.165, 1.54) is 5.56 Å². The average molecular weight is 305 g/mol. The van der Waals surface area contributed by atoms with E-state index in [0.29, 0.717) is 0 Å². The maximum atomic E-state index is 6.19. The van der Waals surface area contributed by atoms with Gasteiger partial charge in [-0.2, -0.15) is 0 Å². The number of rotatable bonds is 4. The zero-order chi connectivity index (χ0) is 13.0. The van der Waals surface area contributed by atoms with Crippen LogP contribution in [-0.2, 0) is 12.8 Å². The van der Waals surface area contributed by atoms with Crippen LogP contribution in [0.4, 0.5) is 0 Å². The van der Waals surface area contributed by atoms with Crippen LogP contribution in [-0.4, -0.2) is 4.98 Å². The van der Waals surface area contributed by atoms with Gasteiger partial charge in [0.1, 0.15) is 0 Å². The molecule has 3 heteroatoms. The summed E-state index contributed by atoms with van der Waals surface area (Å²) in [5.74, 6) is 0. The van der Waals surface area contributed by atoms with Gasteiger partial charge in [-0.15, -0.1) is 0 Å². The smallest absolute Gasteiger partial charge is 0.0422 e. The van der Waals surface area contributed by atoms with Crippen molar-refractivity contribution in [3.05, 3.63) is 63.9 Å². The van der Waals surface area contributed by atoms with E-state index in [-0.39, 0.29) is 6.04 Å². The van der Waals surface area contributed by atoms with E-state index in [2.05, 4.69) is 52.1 Å². The summed E-state index contributed by atoms with van der Waals surface area (Å²) in [5.41, 5.74) is 9.64. The van der Waals surface area contributed by atoms with Crippen LogP contribution >= 0.6 is 15.9 Å². The number of nitrogens with zero attached hydrogens (tertiary/aromatic N) is 1. The van der Waals surface area contributed by atoms with E-state index in [9.17, 15) is 0 Å². The molecule has 94 valence electrons. The van der Waals surface area contributed by atoms with Crippen molar-refractivity contribution in [2.45, 2.75) is 25.8 Å². The van der Waals surface area contributed by atoms with Crippen molar-refractivity contribution in [2.75, 3.05) is 0 Å². The first-order valence-electron chi connectivity index (χ1n) is 6.14. The molecule has 0 amide bonds. The minimum Gasteiger partial charge on any atom is -0.324 e. The molecule has 2 N–H and O–H groups in total. The van der Waals surface area contributed by atoms with Gasteiger partial charge in [-0.25, -0.2) is 0 Å². The van der Waals surface area contributed by atoms with Gasteiger partial charge >= 0.3 is 0 Å². The second-order valence-electron chi connectivity index (χ2n) is 4.37. The lowest BCUT2D eigenvalue weighted by molar-refractivity contribution is 0.705. The number of hydrogen-bond acceptors (Lipinski definition) is 2. The number of aryl methyl sites for hydroxylation is 1. The average Bonchev–Trinajstić information content (AvgIpc) is 2.40. The topological polar surface area (TPSA) is 38.9 Å². The maximum Gasteiger partial charge on any atom is 0.0422 e. The van der Waals surface area contributed by atoms with Crippen LogP contribution in [0.1, 0.15) is 29.8 Å². The summed E-state index contributed by atoms with van der Waals surface area (Å²) < 4.78 is 1.07. The third kappa shape index (κ3) is 3.40. The minimum atomic E-state index is -0.00178. The molecule has 2 rings (SSSR count).